The van der Waals surface area contributed by atoms with Gasteiger partial charge in [0.2, 0.25) is 0 Å². The van der Waals surface area contributed by atoms with E-state index in [4.69, 9.17) is 6.58 Å². The summed E-state index contributed by atoms with van der Waals surface area (Å²) in [5.74, 6) is 0. The number of hydrogen-bond donors (Lipinski definition) is 0. The molecule has 0 nitrogen and oxygen atoms in total. The van der Waals surface area contributed by atoms with Crippen LogP contribution >= 0.6 is 0 Å². The first-order valence-electron chi connectivity index (χ1n) is 9.10. The summed E-state index contributed by atoms with van der Waals surface area (Å²) in [6, 6.07) is 11.1. The van der Waals surface area contributed by atoms with Gasteiger partial charge in [-0.3, -0.25) is 0 Å². The van der Waals surface area contributed by atoms with Gasteiger partial charge in [0, 0.05) is 0 Å². The molecule has 0 amide bonds. The van der Waals surface area contributed by atoms with Crippen molar-refractivity contribution in [1.82, 2.24) is 0 Å². The molecule has 0 fully saturated rings. The van der Waals surface area contributed by atoms with Gasteiger partial charge in [-0.2, -0.15) is 0 Å². The van der Waals surface area contributed by atoms with Gasteiger partial charge in [0.15, 0.2) is 0 Å². The molecular weight excluding hydrogens is 438 g/mol. The van der Waals surface area contributed by atoms with E-state index in [0.717, 1.165) is 0 Å². The van der Waals surface area contributed by atoms with Crippen molar-refractivity contribution in [2.24, 2.45) is 0 Å². The number of rotatable bonds is 12. The second kappa shape index (κ2) is 11.8. The molecule has 0 saturated carbocycles. The topological polar surface area (TPSA) is 0 Å². The first-order valence-corrected chi connectivity index (χ1v) is 18.3. The molecule has 0 aliphatic carbocycles. The number of benzene rings is 1. The van der Waals surface area contributed by atoms with Crippen LogP contribution < -0.4 is 4.46 Å². The molecule has 0 spiro atoms. The molecule has 0 atom stereocenters. The van der Waals surface area contributed by atoms with E-state index in [1.54, 1.807) is 15.8 Å². The van der Waals surface area contributed by atoms with Gasteiger partial charge in [-0.15, -0.1) is 0 Å². The molecule has 0 heterocycles. The number of unbranched alkanes of at least 4 members (excludes halogenated alkanes) is 3. The van der Waals surface area contributed by atoms with Crippen LogP contribution in [0.3, 0.4) is 0 Å². The molecule has 1 rings (SSSR count). The minimum absolute atomic E-state index is 0.507. The average molecular weight is 472 g/mol. The molecule has 0 saturated heterocycles. The Morgan fingerprint density at radius 1 is 0.864 bits per heavy atom. The Morgan fingerprint density at radius 2 is 1.32 bits per heavy atom. The fourth-order valence-corrected chi connectivity index (χ4v) is 27.4. The van der Waals surface area contributed by atoms with Gasteiger partial charge < -0.3 is 0 Å². The molecule has 0 aliphatic rings. The summed E-state index contributed by atoms with van der Waals surface area (Å²) in [5.41, 5.74) is 0. The van der Waals surface area contributed by atoms with E-state index >= 15 is 0 Å². The van der Waals surface area contributed by atoms with E-state index < -0.39 is 18.4 Å². The molecule has 0 bridgehead atoms. The second-order valence-electron chi connectivity index (χ2n) is 6.43. The third-order valence-corrected chi connectivity index (χ3v) is 28.4. The zero-order valence-corrected chi connectivity index (χ0v) is 19.4. The summed E-state index contributed by atoms with van der Waals surface area (Å²) in [5, 5.41) is 0. The van der Waals surface area contributed by atoms with Crippen LogP contribution in [0.25, 0.3) is 0 Å². The molecular formula is C20H34SeSn. The SMILES string of the molecule is C=[C]([Se]c1ccccc1)[Sn]([CH2]CCC)([CH2]CCC)[CH2]CCC. The van der Waals surface area contributed by atoms with E-state index in [0.29, 0.717) is 15.0 Å². The zero-order valence-electron chi connectivity index (χ0n) is 14.9. The summed E-state index contributed by atoms with van der Waals surface area (Å²) < 4.78 is 7.95. The first-order chi connectivity index (χ1) is 10.7. The molecule has 1 aromatic carbocycles. The normalized spacial score (nSPS) is 11.6. The van der Waals surface area contributed by atoms with Crippen LogP contribution in [0.4, 0.5) is 0 Å². The van der Waals surface area contributed by atoms with Crippen LogP contribution in [0.5, 0.6) is 0 Å². The van der Waals surface area contributed by atoms with E-state index in [1.807, 2.05) is 0 Å². The Kier molecular flexibility index (Phi) is 10.9. The van der Waals surface area contributed by atoms with Gasteiger partial charge in [0.05, 0.1) is 0 Å². The zero-order chi connectivity index (χ0) is 16.3. The second-order valence-corrected chi connectivity index (χ2v) is 24.5. The quantitative estimate of drug-likeness (QED) is 0.332. The van der Waals surface area contributed by atoms with E-state index in [1.165, 1.54) is 43.0 Å². The van der Waals surface area contributed by atoms with Crippen LogP contribution in [-0.2, 0) is 0 Å². The van der Waals surface area contributed by atoms with Crippen LogP contribution in [0, 0.1) is 0 Å². The summed E-state index contributed by atoms with van der Waals surface area (Å²) >= 11 is -1.68. The summed E-state index contributed by atoms with van der Waals surface area (Å²) in [6.07, 6.45) is 8.36. The predicted octanol–water partition coefficient (Wildman–Crippen LogP) is 5.92. The Hall–Kier alpha value is 0.278. The fourth-order valence-electron chi connectivity index (χ4n) is 3.08. The predicted molar refractivity (Wildman–Crippen MR) is 106 cm³/mol. The maximum atomic E-state index is 4.70. The van der Waals surface area contributed by atoms with Crippen molar-refractivity contribution in [3.63, 3.8) is 0 Å². The molecule has 22 heavy (non-hydrogen) atoms. The van der Waals surface area contributed by atoms with Gasteiger partial charge >= 0.3 is 150 Å². The van der Waals surface area contributed by atoms with Crippen LogP contribution in [0.2, 0.25) is 13.3 Å². The molecule has 2 heteroatoms. The Morgan fingerprint density at radius 3 is 1.73 bits per heavy atom. The van der Waals surface area contributed by atoms with Gasteiger partial charge in [0.25, 0.3) is 0 Å². The Balaban J connectivity index is 2.89. The van der Waals surface area contributed by atoms with Gasteiger partial charge in [-0.05, 0) is 0 Å². The summed E-state index contributed by atoms with van der Waals surface area (Å²) in [7, 11) is 0. The molecule has 1 aromatic rings. The van der Waals surface area contributed by atoms with Crippen molar-refractivity contribution in [2.75, 3.05) is 0 Å². The molecule has 0 radical (unpaired) electrons. The monoisotopic (exact) mass is 474 g/mol. The van der Waals surface area contributed by atoms with E-state index in [2.05, 4.69) is 51.1 Å². The van der Waals surface area contributed by atoms with Gasteiger partial charge in [-0.1, -0.05) is 0 Å². The third kappa shape index (κ3) is 6.81. The van der Waals surface area contributed by atoms with Crippen molar-refractivity contribution >= 4 is 37.8 Å². The van der Waals surface area contributed by atoms with Crippen molar-refractivity contribution in [3.8, 4) is 0 Å². The molecule has 124 valence electrons. The molecule has 0 aliphatic heterocycles. The van der Waals surface area contributed by atoms with E-state index in [-0.39, 0.29) is 0 Å². The Bertz CT molecular complexity index is 391. The van der Waals surface area contributed by atoms with Crippen LogP contribution in [-0.4, -0.2) is 33.3 Å². The first kappa shape index (κ1) is 20.3. The van der Waals surface area contributed by atoms with Crippen molar-refractivity contribution in [2.45, 2.75) is 72.6 Å². The van der Waals surface area contributed by atoms with Gasteiger partial charge in [0.1, 0.15) is 0 Å². The molecule has 0 aromatic heterocycles. The molecule has 0 N–H and O–H groups in total. The van der Waals surface area contributed by atoms with Crippen molar-refractivity contribution < 1.29 is 0 Å². The third-order valence-electron chi connectivity index (χ3n) is 4.60. The van der Waals surface area contributed by atoms with E-state index in [9.17, 15) is 0 Å². The Labute approximate surface area is 149 Å². The standard InChI is InChI=1S/C8H7Se.3C4H9.Sn/c1-2-9-8-6-4-3-5-7-8;3*1-3-4-2;/h3-7H,1H2;3*1,3-4H2,2H3;. The van der Waals surface area contributed by atoms with Crippen molar-refractivity contribution in [1.29, 1.82) is 0 Å². The van der Waals surface area contributed by atoms with Gasteiger partial charge in [-0.25, -0.2) is 0 Å². The number of hydrogen-bond acceptors (Lipinski definition) is 0. The van der Waals surface area contributed by atoms with Crippen molar-refractivity contribution in [3.05, 3.63) is 39.4 Å². The average Bonchev–Trinajstić information content (AvgIpc) is 2.55. The van der Waals surface area contributed by atoms with Crippen LogP contribution in [0.15, 0.2) is 39.4 Å². The fraction of sp³-hybridized carbons (Fsp3) is 0.600. The molecule has 0 unspecified atom stereocenters. The summed E-state index contributed by atoms with van der Waals surface area (Å²) in [4.78, 5) is 0. The minimum atomic E-state index is -2.19. The summed E-state index contributed by atoms with van der Waals surface area (Å²) in [6.45, 7) is 11.7. The van der Waals surface area contributed by atoms with Crippen LogP contribution in [0.1, 0.15) is 59.3 Å². The maximum absolute atomic E-state index is 4.70.